The van der Waals surface area contributed by atoms with E-state index in [1.165, 1.54) is 4.88 Å². The first-order valence-corrected chi connectivity index (χ1v) is 8.49. The van der Waals surface area contributed by atoms with Crippen LogP contribution in [0.25, 0.3) is 10.2 Å². The van der Waals surface area contributed by atoms with Gasteiger partial charge in [-0.25, -0.2) is 0 Å². The lowest BCUT2D eigenvalue weighted by Gasteiger charge is -2.11. The van der Waals surface area contributed by atoms with Crippen molar-refractivity contribution in [3.8, 4) is 0 Å². The van der Waals surface area contributed by atoms with Crippen LogP contribution in [-0.4, -0.2) is 27.1 Å². The van der Waals surface area contributed by atoms with E-state index < -0.39 is 5.97 Å². The highest BCUT2D eigenvalue weighted by atomic mass is 32.1. The SMILES string of the molecule is CC[C@@H](C)OC(=O)Cn1nnc2sc3c(c2c1=O)CCCC3. The van der Waals surface area contributed by atoms with E-state index in [9.17, 15) is 9.59 Å². The molecule has 0 saturated carbocycles. The van der Waals surface area contributed by atoms with Gasteiger partial charge < -0.3 is 4.74 Å². The van der Waals surface area contributed by atoms with Crippen LogP contribution in [0.15, 0.2) is 4.79 Å². The van der Waals surface area contributed by atoms with Crippen LogP contribution in [-0.2, 0) is 28.9 Å². The molecule has 1 aliphatic rings. The van der Waals surface area contributed by atoms with Crippen molar-refractivity contribution in [1.82, 2.24) is 15.0 Å². The van der Waals surface area contributed by atoms with Crippen LogP contribution < -0.4 is 5.56 Å². The Morgan fingerprint density at radius 2 is 2.18 bits per heavy atom. The minimum atomic E-state index is -0.450. The van der Waals surface area contributed by atoms with Gasteiger partial charge in [0.05, 0.1) is 11.5 Å². The molecule has 2 aromatic rings. The van der Waals surface area contributed by atoms with Gasteiger partial charge in [-0.15, -0.1) is 16.4 Å². The van der Waals surface area contributed by atoms with Crippen LogP contribution in [0.3, 0.4) is 0 Å². The predicted octanol–water partition coefficient (Wildman–Crippen LogP) is 2.07. The van der Waals surface area contributed by atoms with E-state index in [4.69, 9.17) is 4.74 Å². The first-order chi connectivity index (χ1) is 10.6. The molecule has 2 aromatic heterocycles. The van der Waals surface area contributed by atoms with Gasteiger partial charge in [-0.05, 0) is 44.6 Å². The molecule has 22 heavy (non-hydrogen) atoms. The molecule has 0 spiro atoms. The summed E-state index contributed by atoms with van der Waals surface area (Å²) in [5.74, 6) is -0.450. The maximum Gasteiger partial charge on any atom is 0.328 e. The summed E-state index contributed by atoms with van der Waals surface area (Å²) in [5, 5.41) is 8.65. The second kappa shape index (κ2) is 6.16. The molecule has 3 rings (SSSR count). The molecule has 118 valence electrons. The maximum atomic E-state index is 12.6. The summed E-state index contributed by atoms with van der Waals surface area (Å²) in [6.45, 7) is 3.58. The van der Waals surface area contributed by atoms with Gasteiger partial charge in [-0.1, -0.05) is 12.1 Å². The van der Waals surface area contributed by atoms with Gasteiger partial charge in [0.2, 0.25) is 0 Å². The maximum absolute atomic E-state index is 12.6. The number of aromatic nitrogens is 3. The highest BCUT2D eigenvalue weighted by Gasteiger charge is 2.21. The lowest BCUT2D eigenvalue weighted by atomic mass is 9.97. The number of ether oxygens (including phenoxy) is 1. The molecule has 0 N–H and O–H groups in total. The highest BCUT2D eigenvalue weighted by molar-refractivity contribution is 7.18. The summed E-state index contributed by atoms with van der Waals surface area (Å²) in [6.07, 6.45) is 4.75. The zero-order chi connectivity index (χ0) is 15.7. The van der Waals surface area contributed by atoms with E-state index in [1.54, 1.807) is 11.3 Å². The molecule has 0 radical (unpaired) electrons. The number of aryl methyl sites for hydroxylation is 2. The number of rotatable bonds is 4. The van der Waals surface area contributed by atoms with Crippen LogP contribution in [0.1, 0.15) is 43.6 Å². The summed E-state index contributed by atoms with van der Waals surface area (Å²) in [4.78, 5) is 26.4. The number of hydrogen-bond acceptors (Lipinski definition) is 6. The van der Waals surface area contributed by atoms with Gasteiger partial charge in [0.15, 0.2) is 4.83 Å². The second-order valence-corrected chi connectivity index (χ2v) is 6.74. The van der Waals surface area contributed by atoms with Crippen molar-refractivity contribution in [2.24, 2.45) is 0 Å². The average molecular weight is 321 g/mol. The van der Waals surface area contributed by atoms with Gasteiger partial charge in [0.1, 0.15) is 6.54 Å². The molecule has 0 bridgehead atoms. The Kier molecular flexibility index (Phi) is 4.24. The Balaban J connectivity index is 1.93. The van der Waals surface area contributed by atoms with Crippen LogP contribution in [0.4, 0.5) is 0 Å². The van der Waals surface area contributed by atoms with Crippen molar-refractivity contribution in [3.05, 3.63) is 20.8 Å². The van der Waals surface area contributed by atoms with E-state index >= 15 is 0 Å². The van der Waals surface area contributed by atoms with Gasteiger partial charge in [0.25, 0.3) is 5.56 Å². The third kappa shape index (κ3) is 2.77. The number of carbonyl (C=O) groups excluding carboxylic acids is 1. The Morgan fingerprint density at radius 1 is 1.41 bits per heavy atom. The molecule has 0 saturated heterocycles. The van der Waals surface area contributed by atoms with Crippen molar-refractivity contribution >= 4 is 27.5 Å². The minimum absolute atomic E-state index is 0.159. The van der Waals surface area contributed by atoms with E-state index in [-0.39, 0.29) is 18.2 Å². The Labute approximate surface area is 132 Å². The molecule has 2 heterocycles. The third-order valence-corrected chi connectivity index (χ3v) is 5.21. The van der Waals surface area contributed by atoms with Crippen molar-refractivity contribution in [2.45, 2.75) is 58.6 Å². The quantitative estimate of drug-likeness (QED) is 0.806. The van der Waals surface area contributed by atoms with Crippen LogP contribution in [0.2, 0.25) is 0 Å². The normalized spacial score (nSPS) is 15.5. The Hall–Kier alpha value is -1.76. The molecule has 7 heteroatoms. The van der Waals surface area contributed by atoms with Crippen LogP contribution in [0, 0.1) is 0 Å². The minimum Gasteiger partial charge on any atom is -0.461 e. The third-order valence-electron chi connectivity index (χ3n) is 4.03. The number of nitrogens with zero attached hydrogens (tertiary/aromatic N) is 3. The van der Waals surface area contributed by atoms with E-state index in [2.05, 4.69) is 10.3 Å². The molecule has 0 amide bonds. The molecule has 6 nitrogen and oxygen atoms in total. The summed E-state index contributed by atoms with van der Waals surface area (Å²) in [6, 6.07) is 0. The number of fused-ring (bicyclic) bond motifs is 3. The highest BCUT2D eigenvalue weighted by Crippen LogP contribution is 2.33. The van der Waals surface area contributed by atoms with E-state index in [0.717, 1.165) is 42.3 Å². The molecule has 0 aromatic carbocycles. The molecule has 0 unspecified atom stereocenters. The fraction of sp³-hybridized carbons (Fsp3) is 0.600. The number of esters is 1. The fourth-order valence-electron chi connectivity index (χ4n) is 2.68. The zero-order valence-electron chi connectivity index (χ0n) is 12.8. The summed E-state index contributed by atoms with van der Waals surface area (Å²) < 4.78 is 6.32. The standard InChI is InChI=1S/C15H19N3O3S/c1-3-9(2)21-12(19)8-18-15(20)13-10-6-4-5-7-11(10)22-14(13)16-17-18/h9H,3-8H2,1-2H3/t9-/m1/s1. The molecule has 0 aliphatic heterocycles. The number of carbonyl (C=O) groups is 1. The van der Waals surface area contributed by atoms with Gasteiger partial charge in [-0.3, -0.25) is 9.59 Å². The lowest BCUT2D eigenvalue weighted by Crippen LogP contribution is -2.30. The van der Waals surface area contributed by atoms with Crippen molar-refractivity contribution in [1.29, 1.82) is 0 Å². The average Bonchev–Trinajstić information content (AvgIpc) is 2.89. The number of thiophene rings is 1. The molecular weight excluding hydrogens is 302 g/mol. The van der Waals surface area contributed by atoms with Crippen molar-refractivity contribution in [3.63, 3.8) is 0 Å². The zero-order valence-corrected chi connectivity index (χ0v) is 13.6. The van der Waals surface area contributed by atoms with Gasteiger partial charge >= 0.3 is 5.97 Å². The van der Waals surface area contributed by atoms with E-state index in [0.29, 0.717) is 10.2 Å². The summed E-state index contributed by atoms with van der Waals surface area (Å²) in [5.41, 5.74) is 0.876. The first-order valence-electron chi connectivity index (χ1n) is 7.67. The largest absolute Gasteiger partial charge is 0.461 e. The van der Waals surface area contributed by atoms with Crippen molar-refractivity contribution < 1.29 is 9.53 Å². The lowest BCUT2D eigenvalue weighted by molar-refractivity contribution is -0.149. The summed E-state index contributed by atoms with van der Waals surface area (Å²) >= 11 is 1.55. The first kappa shape index (κ1) is 15.1. The Morgan fingerprint density at radius 3 is 2.95 bits per heavy atom. The second-order valence-electron chi connectivity index (χ2n) is 5.65. The molecule has 1 aliphatic carbocycles. The van der Waals surface area contributed by atoms with E-state index in [1.807, 2.05) is 13.8 Å². The Bertz CT molecular complexity index is 765. The topological polar surface area (TPSA) is 74.1 Å². The molecule has 0 fully saturated rings. The monoisotopic (exact) mass is 321 g/mol. The molecule has 1 atom stereocenters. The fourth-order valence-corrected chi connectivity index (χ4v) is 3.87. The van der Waals surface area contributed by atoms with Gasteiger partial charge in [0, 0.05) is 4.88 Å². The molecular formula is C15H19N3O3S. The van der Waals surface area contributed by atoms with Crippen LogP contribution >= 0.6 is 11.3 Å². The van der Waals surface area contributed by atoms with Crippen LogP contribution in [0.5, 0.6) is 0 Å². The predicted molar refractivity (Wildman–Crippen MR) is 84.2 cm³/mol. The number of hydrogen-bond donors (Lipinski definition) is 0. The summed E-state index contributed by atoms with van der Waals surface area (Å²) in [7, 11) is 0. The van der Waals surface area contributed by atoms with Crippen molar-refractivity contribution in [2.75, 3.05) is 0 Å². The smallest absolute Gasteiger partial charge is 0.328 e. The van der Waals surface area contributed by atoms with Gasteiger partial charge in [-0.2, -0.15) is 4.68 Å².